The highest BCUT2D eigenvalue weighted by molar-refractivity contribution is 5.95. The number of benzene rings is 1. The van der Waals surface area contributed by atoms with Gasteiger partial charge in [-0.3, -0.25) is 4.79 Å². The van der Waals surface area contributed by atoms with Crippen molar-refractivity contribution in [1.29, 1.82) is 0 Å². The highest BCUT2D eigenvalue weighted by atomic mass is 35.5. The van der Waals surface area contributed by atoms with E-state index in [1.54, 1.807) is 24.3 Å². The fraction of sp³-hybridized carbons (Fsp3) is 0.400. The van der Waals surface area contributed by atoms with Crippen molar-refractivity contribution in [2.75, 3.05) is 0 Å². The molecule has 0 saturated heterocycles. The molecule has 136 valence electrons. The lowest BCUT2D eigenvalue weighted by atomic mass is 10.1. The predicted molar refractivity (Wildman–Crippen MR) is 101 cm³/mol. The Morgan fingerprint density at radius 3 is 1.83 bits per heavy atom. The van der Waals surface area contributed by atoms with Gasteiger partial charge in [-0.25, -0.2) is 4.99 Å². The molecule has 1 aromatic rings. The van der Waals surface area contributed by atoms with Gasteiger partial charge in [-0.1, -0.05) is 0 Å². The topological polar surface area (TPSA) is 155 Å². The number of nitrogens with two attached hydrogens (primary N) is 3. The SMILES string of the molecule is CC(C)N(C(=O)c1ccc(N=C(N)N=C(N)N)cc1)C(C)C.Cl.O. The van der Waals surface area contributed by atoms with Crippen LogP contribution in [-0.4, -0.2) is 40.3 Å². The molecule has 0 unspecified atom stereocenters. The molecule has 0 aliphatic carbocycles. The lowest BCUT2D eigenvalue weighted by Gasteiger charge is -2.30. The molecule has 0 aliphatic rings. The molecule has 0 aliphatic heterocycles. The zero-order chi connectivity index (χ0) is 16.9. The van der Waals surface area contributed by atoms with Gasteiger partial charge in [-0.2, -0.15) is 4.99 Å². The summed E-state index contributed by atoms with van der Waals surface area (Å²) in [5.74, 6) is -0.208. The molecule has 1 aromatic carbocycles. The van der Waals surface area contributed by atoms with Crippen LogP contribution in [0.15, 0.2) is 34.3 Å². The quantitative estimate of drug-likeness (QED) is 0.536. The molecular weight excluding hydrogens is 332 g/mol. The normalized spacial score (nSPS) is 10.7. The first-order chi connectivity index (χ1) is 10.2. The molecule has 0 saturated carbocycles. The number of carbonyl (C=O) groups is 1. The smallest absolute Gasteiger partial charge is 0.254 e. The van der Waals surface area contributed by atoms with Gasteiger partial charge < -0.3 is 27.6 Å². The van der Waals surface area contributed by atoms with E-state index in [0.29, 0.717) is 11.3 Å². The Kier molecular flexibility index (Phi) is 10.4. The summed E-state index contributed by atoms with van der Waals surface area (Å²) in [5.41, 5.74) is 17.2. The Balaban J connectivity index is 0. The first-order valence-electron chi connectivity index (χ1n) is 7.09. The Hall–Kier alpha value is -2.32. The molecule has 0 bridgehead atoms. The van der Waals surface area contributed by atoms with Gasteiger partial charge in [0.2, 0.25) is 5.96 Å². The summed E-state index contributed by atoms with van der Waals surface area (Å²) in [6, 6.07) is 7.07. The molecule has 9 heteroatoms. The monoisotopic (exact) mass is 358 g/mol. The molecule has 8 N–H and O–H groups in total. The van der Waals surface area contributed by atoms with E-state index < -0.39 is 0 Å². The largest absolute Gasteiger partial charge is 0.412 e. The third kappa shape index (κ3) is 6.84. The van der Waals surface area contributed by atoms with E-state index in [2.05, 4.69) is 9.98 Å². The molecule has 0 radical (unpaired) electrons. The van der Waals surface area contributed by atoms with Crippen LogP contribution >= 0.6 is 12.4 Å². The van der Waals surface area contributed by atoms with Crippen molar-refractivity contribution >= 4 is 35.9 Å². The van der Waals surface area contributed by atoms with Gasteiger partial charge in [0.25, 0.3) is 5.91 Å². The average Bonchev–Trinajstić information content (AvgIpc) is 2.37. The highest BCUT2D eigenvalue weighted by Crippen LogP contribution is 2.17. The van der Waals surface area contributed by atoms with Gasteiger partial charge in [0.1, 0.15) is 0 Å². The second kappa shape index (κ2) is 10.5. The second-order valence-corrected chi connectivity index (χ2v) is 5.45. The van der Waals surface area contributed by atoms with E-state index in [1.807, 2.05) is 32.6 Å². The van der Waals surface area contributed by atoms with Crippen molar-refractivity contribution in [2.24, 2.45) is 27.2 Å². The van der Waals surface area contributed by atoms with E-state index in [4.69, 9.17) is 17.2 Å². The van der Waals surface area contributed by atoms with E-state index >= 15 is 0 Å². The number of carbonyl (C=O) groups excluding carboxylic acids is 1. The molecule has 0 spiro atoms. The van der Waals surface area contributed by atoms with Crippen LogP contribution in [-0.2, 0) is 0 Å². The van der Waals surface area contributed by atoms with E-state index in [-0.39, 0.29) is 47.8 Å². The van der Waals surface area contributed by atoms with Crippen LogP contribution in [0.1, 0.15) is 38.1 Å². The molecule has 0 heterocycles. The van der Waals surface area contributed by atoms with E-state index in [0.717, 1.165) is 0 Å². The molecule has 1 amide bonds. The van der Waals surface area contributed by atoms with Gasteiger partial charge in [0.05, 0.1) is 5.69 Å². The van der Waals surface area contributed by atoms with E-state index in [9.17, 15) is 4.79 Å². The van der Waals surface area contributed by atoms with Crippen LogP contribution in [0.5, 0.6) is 0 Å². The fourth-order valence-corrected chi connectivity index (χ4v) is 2.18. The second-order valence-electron chi connectivity index (χ2n) is 5.45. The van der Waals surface area contributed by atoms with Gasteiger partial charge in [0, 0.05) is 17.6 Å². The van der Waals surface area contributed by atoms with Gasteiger partial charge in [-0.05, 0) is 52.0 Å². The predicted octanol–water partition coefficient (Wildman–Crippen LogP) is 0.762. The van der Waals surface area contributed by atoms with Crippen LogP contribution in [0, 0.1) is 0 Å². The molecule has 0 atom stereocenters. The Labute approximate surface area is 148 Å². The Morgan fingerprint density at radius 2 is 1.46 bits per heavy atom. The minimum atomic E-state index is -0.155. The highest BCUT2D eigenvalue weighted by Gasteiger charge is 2.21. The van der Waals surface area contributed by atoms with Crippen molar-refractivity contribution in [3.63, 3.8) is 0 Å². The van der Waals surface area contributed by atoms with Crippen molar-refractivity contribution < 1.29 is 10.3 Å². The lowest BCUT2D eigenvalue weighted by Crippen LogP contribution is -2.42. The zero-order valence-electron chi connectivity index (χ0n) is 14.4. The Bertz CT molecular complexity index is 572. The summed E-state index contributed by atoms with van der Waals surface area (Å²) in [6.45, 7) is 7.97. The number of halogens is 1. The molecule has 0 aromatic heterocycles. The van der Waals surface area contributed by atoms with Crippen molar-refractivity contribution in [3.05, 3.63) is 29.8 Å². The maximum Gasteiger partial charge on any atom is 0.254 e. The van der Waals surface area contributed by atoms with Crippen molar-refractivity contribution in [2.45, 2.75) is 39.8 Å². The first kappa shape index (κ1) is 23.9. The van der Waals surface area contributed by atoms with Crippen LogP contribution in [0.2, 0.25) is 0 Å². The van der Waals surface area contributed by atoms with Gasteiger partial charge >= 0.3 is 0 Å². The summed E-state index contributed by atoms with van der Waals surface area (Å²) < 4.78 is 0. The average molecular weight is 359 g/mol. The third-order valence-electron chi connectivity index (χ3n) is 2.95. The number of amides is 1. The van der Waals surface area contributed by atoms with Crippen LogP contribution in [0.4, 0.5) is 5.69 Å². The number of nitrogens with zero attached hydrogens (tertiary/aromatic N) is 3. The zero-order valence-corrected chi connectivity index (χ0v) is 15.2. The van der Waals surface area contributed by atoms with E-state index in [1.165, 1.54) is 0 Å². The minimum Gasteiger partial charge on any atom is -0.412 e. The third-order valence-corrected chi connectivity index (χ3v) is 2.95. The number of hydrogen-bond acceptors (Lipinski definition) is 2. The lowest BCUT2D eigenvalue weighted by molar-refractivity contribution is 0.0644. The summed E-state index contributed by atoms with van der Waals surface area (Å²) >= 11 is 0. The standard InChI is InChI=1S/C15H24N6O.ClH.H2O/c1-9(2)21(10(3)4)13(22)11-5-7-12(8-6-11)19-15(18)20-14(16)17;;/h5-10H,1-4H3,(H6,16,17,18,19,20);1H;1H2. The molecular formula is C15H27ClN6O2. The fourth-order valence-electron chi connectivity index (χ4n) is 2.18. The number of guanidine groups is 2. The Morgan fingerprint density at radius 1 is 1.00 bits per heavy atom. The number of aliphatic imine (C=N–C) groups is 2. The number of rotatable bonds is 4. The summed E-state index contributed by atoms with van der Waals surface area (Å²) in [5, 5.41) is 0. The first-order valence-corrected chi connectivity index (χ1v) is 7.09. The molecule has 8 nitrogen and oxygen atoms in total. The maximum atomic E-state index is 12.5. The van der Waals surface area contributed by atoms with Crippen LogP contribution < -0.4 is 17.2 Å². The molecule has 0 fully saturated rings. The van der Waals surface area contributed by atoms with Crippen molar-refractivity contribution in [3.8, 4) is 0 Å². The maximum absolute atomic E-state index is 12.5. The van der Waals surface area contributed by atoms with Gasteiger partial charge in [0.15, 0.2) is 5.96 Å². The van der Waals surface area contributed by atoms with Crippen molar-refractivity contribution in [1.82, 2.24) is 4.90 Å². The number of hydrogen-bond donors (Lipinski definition) is 3. The van der Waals surface area contributed by atoms with Gasteiger partial charge in [-0.15, -0.1) is 12.4 Å². The summed E-state index contributed by atoms with van der Waals surface area (Å²) in [6.07, 6.45) is 0. The van der Waals surface area contributed by atoms with Crippen LogP contribution in [0.25, 0.3) is 0 Å². The molecule has 24 heavy (non-hydrogen) atoms. The summed E-state index contributed by atoms with van der Waals surface area (Å²) in [4.78, 5) is 22.0. The minimum absolute atomic E-state index is 0. The van der Waals surface area contributed by atoms with Crippen LogP contribution in [0.3, 0.4) is 0 Å². The molecule has 1 rings (SSSR count). The summed E-state index contributed by atoms with van der Waals surface area (Å²) in [7, 11) is 0.